The molecule has 2 aromatic heterocycles. The number of nitrogens with zero attached hydrogens (tertiary/aromatic N) is 3. The van der Waals surface area contributed by atoms with Crippen LogP contribution in [0.3, 0.4) is 0 Å². The fourth-order valence-corrected chi connectivity index (χ4v) is 2.82. The van der Waals surface area contributed by atoms with Gasteiger partial charge in [0.25, 0.3) is 0 Å². The highest BCUT2D eigenvalue weighted by molar-refractivity contribution is 6.30. The van der Waals surface area contributed by atoms with Crippen LogP contribution in [0.4, 0.5) is 21.6 Å². The quantitative estimate of drug-likeness (QED) is 0.519. The third-order valence-corrected chi connectivity index (χ3v) is 4.41. The van der Waals surface area contributed by atoms with E-state index in [1.807, 2.05) is 19.0 Å². The average molecular weight is 430 g/mol. The SMILES string of the molecule is CN(C)CCC(=O)Nc1cc(Nc2cc(-c3cc(Cl)ccc3F)ncc2O)ccn1. The number of anilines is 3. The van der Waals surface area contributed by atoms with Crippen LogP contribution in [0.15, 0.2) is 48.8 Å². The number of pyridine rings is 2. The topological polar surface area (TPSA) is 90.4 Å². The van der Waals surface area contributed by atoms with E-state index in [1.165, 1.54) is 36.7 Å². The van der Waals surface area contributed by atoms with E-state index in [4.69, 9.17) is 11.6 Å². The van der Waals surface area contributed by atoms with Gasteiger partial charge in [-0.15, -0.1) is 0 Å². The van der Waals surface area contributed by atoms with E-state index in [-0.39, 0.29) is 17.2 Å². The normalized spacial score (nSPS) is 10.8. The van der Waals surface area contributed by atoms with Crippen molar-refractivity contribution in [3.63, 3.8) is 0 Å². The Hall–Kier alpha value is -3.23. The van der Waals surface area contributed by atoms with E-state index in [0.29, 0.717) is 40.9 Å². The van der Waals surface area contributed by atoms with Crippen molar-refractivity contribution in [3.05, 3.63) is 59.6 Å². The molecule has 0 saturated heterocycles. The van der Waals surface area contributed by atoms with Crippen LogP contribution in [-0.4, -0.2) is 46.5 Å². The van der Waals surface area contributed by atoms with Gasteiger partial charge in [0, 0.05) is 41.5 Å². The summed E-state index contributed by atoms with van der Waals surface area (Å²) >= 11 is 5.96. The molecule has 0 bridgehead atoms. The van der Waals surface area contributed by atoms with Gasteiger partial charge in [-0.2, -0.15) is 0 Å². The van der Waals surface area contributed by atoms with Crippen LogP contribution in [0.1, 0.15) is 6.42 Å². The molecular weight excluding hydrogens is 409 g/mol. The van der Waals surface area contributed by atoms with E-state index in [1.54, 1.807) is 12.1 Å². The molecule has 9 heteroatoms. The second-order valence-corrected chi connectivity index (χ2v) is 7.30. The minimum Gasteiger partial charge on any atom is -0.504 e. The van der Waals surface area contributed by atoms with Crippen LogP contribution >= 0.6 is 11.6 Å². The molecule has 156 valence electrons. The minimum atomic E-state index is -0.477. The van der Waals surface area contributed by atoms with E-state index in [2.05, 4.69) is 20.6 Å². The molecule has 3 rings (SSSR count). The molecule has 0 fully saturated rings. The van der Waals surface area contributed by atoms with Crippen molar-refractivity contribution in [3.8, 4) is 17.0 Å². The monoisotopic (exact) mass is 429 g/mol. The first-order valence-corrected chi connectivity index (χ1v) is 9.51. The maximum atomic E-state index is 14.2. The maximum absolute atomic E-state index is 14.2. The van der Waals surface area contributed by atoms with E-state index in [9.17, 15) is 14.3 Å². The Kier molecular flexibility index (Phi) is 6.81. The number of carbonyl (C=O) groups is 1. The summed E-state index contributed by atoms with van der Waals surface area (Å²) in [7, 11) is 3.78. The molecule has 0 atom stereocenters. The zero-order valence-electron chi connectivity index (χ0n) is 16.5. The Morgan fingerprint density at radius 1 is 1.20 bits per heavy atom. The lowest BCUT2D eigenvalue weighted by molar-refractivity contribution is -0.116. The van der Waals surface area contributed by atoms with Crippen molar-refractivity contribution in [1.29, 1.82) is 0 Å². The van der Waals surface area contributed by atoms with Crippen molar-refractivity contribution < 1.29 is 14.3 Å². The molecular formula is C21H21ClFN5O2. The third-order valence-electron chi connectivity index (χ3n) is 4.18. The van der Waals surface area contributed by atoms with Gasteiger partial charge < -0.3 is 20.6 Å². The average Bonchev–Trinajstić information content (AvgIpc) is 2.70. The van der Waals surface area contributed by atoms with Gasteiger partial charge in [-0.25, -0.2) is 9.37 Å². The molecule has 0 aliphatic heterocycles. The van der Waals surface area contributed by atoms with Crippen molar-refractivity contribution >= 4 is 34.7 Å². The van der Waals surface area contributed by atoms with Crippen molar-refractivity contribution in [2.24, 2.45) is 0 Å². The van der Waals surface area contributed by atoms with Crippen LogP contribution in [0, 0.1) is 5.82 Å². The molecule has 0 unspecified atom stereocenters. The molecule has 2 heterocycles. The number of aromatic hydroxyl groups is 1. The first-order chi connectivity index (χ1) is 14.3. The molecule has 0 radical (unpaired) electrons. The highest BCUT2D eigenvalue weighted by Gasteiger charge is 2.12. The number of carbonyl (C=O) groups excluding carboxylic acids is 1. The second kappa shape index (κ2) is 9.51. The summed E-state index contributed by atoms with van der Waals surface area (Å²) in [5.41, 5.74) is 1.41. The molecule has 1 aromatic carbocycles. The Labute approximate surface area is 178 Å². The predicted octanol–water partition coefficient (Wildman–Crippen LogP) is 4.28. The number of hydrogen-bond acceptors (Lipinski definition) is 6. The fraction of sp³-hybridized carbons (Fsp3) is 0.190. The first kappa shape index (κ1) is 21.5. The number of aromatic nitrogens is 2. The number of rotatable bonds is 7. The molecule has 3 aromatic rings. The number of halogens is 2. The Bertz CT molecular complexity index is 1060. The summed E-state index contributed by atoms with van der Waals surface area (Å²) in [5, 5.41) is 16.3. The molecule has 3 N–H and O–H groups in total. The molecule has 0 spiro atoms. The van der Waals surface area contributed by atoms with E-state index in [0.717, 1.165) is 0 Å². The summed E-state index contributed by atoms with van der Waals surface area (Å²) in [5.74, 6) is -0.373. The minimum absolute atomic E-state index is 0.116. The number of benzene rings is 1. The lowest BCUT2D eigenvalue weighted by Gasteiger charge is -2.12. The smallest absolute Gasteiger partial charge is 0.226 e. The van der Waals surface area contributed by atoms with Crippen molar-refractivity contribution in [2.75, 3.05) is 31.3 Å². The van der Waals surface area contributed by atoms with E-state index < -0.39 is 5.82 Å². The van der Waals surface area contributed by atoms with Crippen LogP contribution < -0.4 is 10.6 Å². The number of hydrogen-bond donors (Lipinski definition) is 3. The lowest BCUT2D eigenvalue weighted by Crippen LogP contribution is -2.21. The van der Waals surface area contributed by atoms with Crippen LogP contribution in [0.25, 0.3) is 11.3 Å². The van der Waals surface area contributed by atoms with Gasteiger partial charge in [-0.05, 0) is 44.4 Å². The van der Waals surface area contributed by atoms with Gasteiger partial charge in [0.1, 0.15) is 11.6 Å². The summed E-state index contributed by atoms with van der Waals surface area (Å²) < 4.78 is 14.2. The Morgan fingerprint density at radius 3 is 2.77 bits per heavy atom. The summed E-state index contributed by atoms with van der Waals surface area (Å²) in [6.07, 6.45) is 3.09. The van der Waals surface area contributed by atoms with Gasteiger partial charge in [0.05, 0.1) is 17.6 Å². The van der Waals surface area contributed by atoms with Gasteiger partial charge in [0.15, 0.2) is 5.75 Å². The van der Waals surface area contributed by atoms with Gasteiger partial charge in [-0.1, -0.05) is 11.6 Å². The molecule has 7 nitrogen and oxygen atoms in total. The predicted molar refractivity (Wildman–Crippen MR) is 116 cm³/mol. The highest BCUT2D eigenvalue weighted by Crippen LogP contribution is 2.32. The zero-order chi connectivity index (χ0) is 21.7. The van der Waals surface area contributed by atoms with Crippen LogP contribution in [-0.2, 0) is 4.79 Å². The van der Waals surface area contributed by atoms with Crippen molar-refractivity contribution in [1.82, 2.24) is 14.9 Å². The maximum Gasteiger partial charge on any atom is 0.226 e. The lowest BCUT2D eigenvalue weighted by atomic mass is 10.1. The van der Waals surface area contributed by atoms with Crippen LogP contribution in [0.5, 0.6) is 5.75 Å². The standard InChI is InChI=1S/C21H21ClFN5O2/c1-28(2)8-6-21(30)27-20-10-14(5-7-24-20)26-18-11-17(25-12-19(18)29)15-9-13(22)3-4-16(15)23/h3-5,7,9-12,29H,6,8H2,1-2H3,(H2,24,25,26,27,30). The molecule has 0 aliphatic carbocycles. The summed E-state index contributed by atoms with van der Waals surface area (Å²) in [4.78, 5) is 22.1. The fourth-order valence-electron chi connectivity index (χ4n) is 2.65. The Balaban J connectivity index is 1.79. The number of nitrogens with one attached hydrogen (secondary N) is 2. The second-order valence-electron chi connectivity index (χ2n) is 6.87. The first-order valence-electron chi connectivity index (χ1n) is 9.14. The summed E-state index contributed by atoms with van der Waals surface area (Å²) in [6.45, 7) is 0.623. The molecule has 30 heavy (non-hydrogen) atoms. The molecule has 0 aliphatic rings. The zero-order valence-corrected chi connectivity index (χ0v) is 17.2. The van der Waals surface area contributed by atoms with Gasteiger partial charge in [0.2, 0.25) is 5.91 Å². The van der Waals surface area contributed by atoms with E-state index >= 15 is 0 Å². The van der Waals surface area contributed by atoms with Crippen molar-refractivity contribution in [2.45, 2.75) is 6.42 Å². The Morgan fingerprint density at radius 2 is 2.00 bits per heavy atom. The third kappa shape index (κ3) is 5.65. The number of amides is 1. The highest BCUT2D eigenvalue weighted by atomic mass is 35.5. The van der Waals surface area contributed by atoms with Crippen LogP contribution in [0.2, 0.25) is 5.02 Å². The van der Waals surface area contributed by atoms with Gasteiger partial charge >= 0.3 is 0 Å². The van der Waals surface area contributed by atoms with Gasteiger partial charge in [-0.3, -0.25) is 9.78 Å². The largest absolute Gasteiger partial charge is 0.504 e. The molecule has 0 saturated carbocycles. The summed E-state index contributed by atoms with van der Waals surface area (Å²) in [6, 6.07) is 8.99. The molecule has 1 amide bonds.